The summed E-state index contributed by atoms with van der Waals surface area (Å²) < 4.78 is 44.6. The molecule has 1 amide bonds. The monoisotopic (exact) mass is 579 g/mol. The van der Waals surface area contributed by atoms with E-state index in [1.807, 2.05) is 28.1 Å². The summed E-state index contributed by atoms with van der Waals surface area (Å²) >= 11 is 1.89. The number of carbonyl (C=O) groups excluding carboxylic acids is 1. The molecule has 0 aromatic heterocycles. The van der Waals surface area contributed by atoms with Crippen LogP contribution in [-0.4, -0.2) is 48.3 Å². The summed E-state index contributed by atoms with van der Waals surface area (Å²) in [6.45, 7) is -0.909. The zero-order chi connectivity index (χ0) is 24.0. The van der Waals surface area contributed by atoms with E-state index in [2.05, 4.69) is 10.5 Å². The van der Waals surface area contributed by atoms with Gasteiger partial charge in [-0.3, -0.25) is 9.63 Å². The maximum Gasteiger partial charge on any atom is 0.277 e. The van der Waals surface area contributed by atoms with Crippen LogP contribution in [0.2, 0.25) is 0 Å². The fourth-order valence-corrected chi connectivity index (χ4v) is 3.34. The number of hydroxylamine groups is 1. The standard InChI is InChI=1S/C21H21F3IN3O5/c22-15-8-13(25)3-4-16(15)27-20-14(21(31)28-32-6-5-29)7-12(18(23)19(20)24)9-26-33-17(10-30)11-1-2-11/h3-4,7-9,11,17,27,29-30H,1-2,5-6,10H2,(H,28,31)/b26-9+. The fraction of sp³-hybridized carbons (Fsp3) is 0.333. The minimum atomic E-state index is -1.45. The van der Waals surface area contributed by atoms with Crippen LogP contribution < -0.4 is 10.8 Å². The maximum atomic E-state index is 15.0. The Kier molecular flexibility index (Phi) is 8.88. The number of halogens is 4. The van der Waals surface area contributed by atoms with Gasteiger partial charge in [0.05, 0.1) is 43.0 Å². The van der Waals surface area contributed by atoms with Crippen molar-refractivity contribution in [2.75, 3.05) is 25.1 Å². The van der Waals surface area contributed by atoms with Crippen molar-refractivity contribution in [2.24, 2.45) is 11.1 Å². The van der Waals surface area contributed by atoms with E-state index in [1.165, 1.54) is 12.1 Å². The normalized spacial score (nSPS) is 14.4. The second-order valence-corrected chi connectivity index (χ2v) is 8.41. The molecule has 1 unspecified atom stereocenters. The first kappa shape index (κ1) is 25.2. The SMILES string of the molecule is O=C(NOCCO)c1cc(/C=N/OC(CO)C2CC2)c(F)c(F)c1Nc1ccc(I)cc1F. The number of oxime groups is 1. The van der Waals surface area contributed by atoms with Gasteiger partial charge in [-0.15, -0.1) is 0 Å². The van der Waals surface area contributed by atoms with Crippen LogP contribution >= 0.6 is 22.6 Å². The summed E-state index contributed by atoms with van der Waals surface area (Å²) in [5.41, 5.74) is 0.368. The van der Waals surface area contributed by atoms with E-state index in [4.69, 9.17) is 14.8 Å². The lowest BCUT2D eigenvalue weighted by atomic mass is 10.1. The first-order valence-corrected chi connectivity index (χ1v) is 11.0. The Hall–Kier alpha value is -2.42. The number of aliphatic hydroxyl groups excluding tert-OH is 2. The largest absolute Gasteiger partial charge is 0.394 e. The molecule has 0 aliphatic heterocycles. The van der Waals surface area contributed by atoms with Gasteiger partial charge in [-0.2, -0.15) is 0 Å². The fourth-order valence-electron chi connectivity index (χ4n) is 2.89. The Labute approximate surface area is 200 Å². The van der Waals surface area contributed by atoms with Crippen molar-refractivity contribution in [1.82, 2.24) is 5.48 Å². The predicted octanol–water partition coefficient (Wildman–Crippen LogP) is 3.23. The van der Waals surface area contributed by atoms with E-state index in [-0.39, 0.29) is 31.4 Å². The number of anilines is 2. The van der Waals surface area contributed by atoms with E-state index >= 15 is 0 Å². The number of hydrogen-bond donors (Lipinski definition) is 4. The molecule has 0 spiro atoms. The third kappa shape index (κ3) is 6.56. The summed E-state index contributed by atoms with van der Waals surface area (Å²) in [5, 5.41) is 24.1. The predicted molar refractivity (Wildman–Crippen MR) is 122 cm³/mol. The van der Waals surface area contributed by atoms with E-state index < -0.39 is 46.3 Å². The topological polar surface area (TPSA) is 112 Å². The van der Waals surface area contributed by atoms with Crippen LogP contribution in [0.3, 0.4) is 0 Å². The molecule has 12 heteroatoms. The van der Waals surface area contributed by atoms with Gasteiger partial charge in [-0.1, -0.05) is 5.16 Å². The van der Waals surface area contributed by atoms with Crippen molar-refractivity contribution in [2.45, 2.75) is 18.9 Å². The summed E-state index contributed by atoms with van der Waals surface area (Å²) in [4.78, 5) is 22.5. The smallest absolute Gasteiger partial charge is 0.277 e. The first-order valence-electron chi connectivity index (χ1n) is 9.92. The third-order valence-corrected chi connectivity index (χ3v) is 5.42. The first-order chi connectivity index (χ1) is 15.8. The van der Waals surface area contributed by atoms with Gasteiger partial charge in [0.2, 0.25) is 0 Å². The molecule has 1 fully saturated rings. The average Bonchev–Trinajstić information content (AvgIpc) is 3.62. The Morgan fingerprint density at radius 2 is 2.00 bits per heavy atom. The van der Waals surface area contributed by atoms with Crippen LogP contribution in [0.5, 0.6) is 0 Å². The Bertz CT molecular complexity index is 1040. The Morgan fingerprint density at radius 1 is 1.24 bits per heavy atom. The van der Waals surface area contributed by atoms with Crippen molar-refractivity contribution in [3.05, 3.63) is 56.4 Å². The molecule has 4 N–H and O–H groups in total. The number of nitrogens with zero attached hydrogens (tertiary/aromatic N) is 1. The van der Waals surface area contributed by atoms with Crippen molar-refractivity contribution >= 4 is 46.1 Å². The third-order valence-electron chi connectivity index (χ3n) is 4.74. The van der Waals surface area contributed by atoms with Gasteiger partial charge >= 0.3 is 0 Å². The van der Waals surface area contributed by atoms with Crippen LogP contribution in [0.4, 0.5) is 24.5 Å². The molecule has 0 heterocycles. The van der Waals surface area contributed by atoms with E-state index in [1.54, 1.807) is 6.07 Å². The molecule has 0 bridgehead atoms. The van der Waals surface area contributed by atoms with Gasteiger partial charge in [0.25, 0.3) is 5.91 Å². The quantitative estimate of drug-likeness (QED) is 0.141. The number of carbonyl (C=O) groups is 1. The summed E-state index contributed by atoms with van der Waals surface area (Å²) in [6, 6.07) is 5.02. The van der Waals surface area contributed by atoms with Gasteiger partial charge in [0, 0.05) is 15.1 Å². The number of amides is 1. The molecule has 0 saturated heterocycles. The summed E-state index contributed by atoms with van der Waals surface area (Å²) in [5.74, 6) is -4.37. The molecule has 178 valence electrons. The van der Waals surface area contributed by atoms with Gasteiger partial charge in [0.15, 0.2) is 17.7 Å². The zero-order valence-electron chi connectivity index (χ0n) is 17.2. The van der Waals surface area contributed by atoms with Crippen LogP contribution in [0.1, 0.15) is 28.8 Å². The van der Waals surface area contributed by atoms with Crippen molar-refractivity contribution in [3.8, 4) is 0 Å². The Morgan fingerprint density at radius 3 is 2.64 bits per heavy atom. The summed E-state index contributed by atoms with van der Waals surface area (Å²) in [7, 11) is 0. The molecule has 1 aliphatic rings. The number of benzene rings is 2. The number of nitrogens with one attached hydrogen (secondary N) is 2. The molecular formula is C21H21F3IN3O5. The number of rotatable bonds is 11. The highest BCUT2D eigenvalue weighted by atomic mass is 127. The minimum absolute atomic E-state index is 0.147. The van der Waals surface area contributed by atoms with Gasteiger partial charge in [-0.25, -0.2) is 18.7 Å². The molecular weight excluding hydrogens is 558 g/mol. The molecule has 8 nitrogen and oxygen atoms in total. The van der Waals surface area contributed by atoms with E-state index in [0.29, 0.717) is 3.57 Å². The lowest BCUT2D eigenvalue weighted by Crippen LogP contribution is -2.26. The molecule has 2 aromatic carbocycles. The highest BCUT2D eigenvalue weighted by Gasteiger charge is 2.32. The Balaban J connectivity index is 1.94. The lowest BCUT2D eigenvalue weighted by Gasteiger charge is -2.16. The molecule has 1 saturated carbocycles. The lowest BCUT2D eigenvalue weighted by molar-refractivity contribution is 0.00371. The van der Waals surface area contributed by atoms with Crippen molar-refractivity contribution in [3.63, 3.8) is 0 Å². The molecule has 3 rings (SSSR count). The van der Waals surface area contributed by atoms with Crippen LogP contribution in [0.15, 0.2) is 29.4 Å². The second-order valence-electron chi connectivity index (χ2n) is 7.17. The highest BCUT2D eigenvalue weighted by Crippen LogP contribution is 2.34. The van der Waals surface area contributed by atoms with Gasteiger partial charge < -0.3 is 20.4 Å². The molecule has 1 aliphatic carbocycles. The van der Waals surface area contributed by atoms with Crippen molar-refractivity contribution < 1.29 is 37.9 Å². The van der Waals surface area contributed by atoms with Crippen LogP contribution in [0.25, 0.3) is 0 Å². The van der Waals surface area contributed by atoms with Gasteiger partial charge in [0.1, 0.15) is 5.82 Å². The van der Waals surface area contributed by atoms with Crippen molar-refractivity contribution in [1.29, 1.82) is 0 Å². The summed E-state index contributed by atoms with van der Waals surface area (Å²) in [6.07, 6.45) is 2.06. The zero-order valence-corrected chi connectivity index (χ0v) is 19.3. The average molecular weight is 579 g/mol. The number of hydrogen-bond acceptors (Lipinski definition) is 7. The molecule has 33 heavy (non-hydrogen) atoms. The van der Waals surface area contributed by atoms with E-state index in [0.717, 1.165) is 25.1 Å². The highest BCUT2D eigenvalue weighted by molar-refractivity contribution is 14.1. The minimum Gasteiger partial charge on any atom is -0.394 e. The van der Waals surface area contributed by atoms with Crippen LogP contribution in [0, 0.1) is 26.9 Å². The molecule has 1 atom stereocenters. The maximum absolute atomic E-state index is 15.0. The molecule has 2 aromatic rings. The van der Waals surface area contributed by atoms with E-state index in [9.17, 15) is 23.1 Å². The molecule has 0 radical (unpaired) electrons. The van der Waals surface area contributed by atoms with Crippen LogP contribution in [-0.2, 0) is 9.68 Å². The van der Waals surface area contributed by atoms with Gasteiger partial charge in [-0.05, 0) is 59.7 Å². The number of aliphatic hydroxyl groups is 2. The second kappa shape index (κ2) is 11.6.